The van der Waals surface area contributed by atoms with E-state index in [-0.39, 0.29) is 17.2 Å². The summed E-state index contributed by atoms with van der Waals surface area (Å²) in [6, 6.07) is 19.4. The number of nitrogens with zero attached hydrogens (tertiary/aromatic N) is 2. The van der Waals surface area contributed by atoms with Crippen molar-refractivity contribution in [1.29, 1.82) is 0 Å². The highest BCUT2D eigenvalue weighted by molar-refractivity contribution is 9.10. The number of nitrogens with one attached hydrogen (secondary N) is 2. The van der Waals surface area contributed by atoms with Gasteiger partial charge in [-0.25, -0.2) is 5.43 Å². The van der Waals surface area contributed by atoms with Crippen molar-refractivity contribution >= 4 is 45.7 Å². The summed E-state index contributed by atoms with van der Waals surface area (Å²) in [6.07, 6.45) is 2.86. The number of carbonyl (C=O) groups is 2. The van der Waals surface area contributed by atoms with Crippen LogP contribution in [-0.2, 0) is 4.79 Å². The van der Waals surface area contributed by atoms with E-state index < -0.39 is 11.8 Å². The van der Waals surface area contributed by atoms with Crippen LogP contribution in [0.3, 0.4) is 0 Å². The molecular formula is C27H27BrN4O4. The Kier molecular flexibility index (Phi) is 9.24. The highest BCUT2D eigenvalue weighted by Crippen LogP contribution is 2.32. The summed E-state index contributed by atoms with van der Waals surface area (Å²) in [7, 11) is 3.87. The number of aromatic hydroxyl groups is 1. The fraction of sp³-hybridized carbons (Fsp3) is 0.148. The smallest absolute Gasteiger partial charge is 0.287 e. The first-order chi connectivity index (χ1) is 17.3. The zero-order valence-electron chi connectivity index (χ0n) is 20.2. The van der Waals surface area contributed by atoms with Crippen molar-refractivity contribution in [2.75, 3.05) is 25.6 Å². The average molecular weight is 551 g/mol. The number of phenolic OH excluding ortho intramolecular Hbond substituents is 1. The molecule has 0 aliphatic carbocycles. The highest BCUT2D eigenvalue weighted by atomic mass is 79.9. The first-order valence-corrected chi connectivity index (χ1v) is 11.9. The molecule has 2 amide bonds. The van der Waals surface area contributed by atoms with Gasteiger partial charge >= 0.3 is 0 Å². The SMILES string of the molecule is CCOc1cc(Br)cc(C=NNC(=O)C(=Cc2ccc(N(C)C)cc2)NC(=O)c2ccccc2)c1O. The molecule has 0 spiro atoms. The Labute approximate surface area is 218 Å². The van der Waals surface area contributed by atoms with Gasteiger partial charge in [0.25, 0.3) is 11.8 Å². The molecule has 0 saturated carbocycles. The molecule has 0 radical (unpaired) electrons. The van der Waals surface area contributed by atoms with Crippen LogP contribution < -0.4 is 20.4 Å². The normalized spacial score (nSPS) is 11.3. The Bertz CT molecular complexity index is 1270. The van der Waals surface area contributed by atoms with Crippen LogP contribution in [-0.4, -0.2) is 43.8 Å². The van der Waals surface area contributed by atoms with Crippen molar-refractivity contribution in [3.8, 4) is 11.5 Å². The summed E-state index contributed by atoms with van der Waals surface area (Å²) >= 11 is 3.36. The minimum absolute atomic E-state index is 0.00655. The maximum absolute atomic E-state index is 13.0. The molecule has 3 aromatic carbocycles. The lowest BCUT2D eigenvalue weighted by atomic mass is 10.1. The number of carbonyl (C=O) groups excluding carboxylic acids is 2. The number of rotatable bonds is 9. The van der Waals surface area contributed by atoms with Crippen LogP contribution in [0.15, 0.2) is 82.0 Å². The minimum atomic E-state index is -0.633. The summed E-state index contributed by atoms with van der Waals surface area (Å²) in [5.74, 6) is -0.882. The summed E-state index contributed by atoms with van der Waals surface area (Å²) in [5, 5.41) is 17.0. The minimum Gasteiger partial charge on any atom is -0.504 e. The van der Waals surface area contributed by atoms with E-state index in [9.17, 15) is 14.7 Å². The number of hydrogen-bond donors (Lipinski definition) is 3. The Morgan fingerprint density at radius 1 is 1.08 bits per heavy atom. The molecule has 3 N–H and O–H groups in total. The van der Waals surface area contributed by atoms with Gasteiger partial charge in [0.05, 0.1) is 12.8 Å². The standard InChI is InChI=1S/C27H27BrN4O4/c1-4-36-24-16-21(28)15-20(25(24)33)17-29-31-27(35)23(30-26(34)19-8-6-5-7-9-19)14-18-10-12-22(13-11-18)32(2)3/h5-17,33H,4H2,1-3H3,(H,30,34)(H,31,35). The van der Waals surface area contributed by atoms with Crippen LogP contribution in [0.5, 0.6) is 11.5 Å². The van der Waals surface area contributed by atoms with Crippen LogP contribution in [0.1, 0.15) is 28.4 Å². The summed E-state index contributed by atoms with van der Waals surface area (Å²) in [4.78, 5) is 27.7. The molecule has 3 rings (SSSR count). The first kappa shape index (κ1) is 26.5. The van der Waals surface area contributed by atoms with Crippen molar-refractivity contribution in [2.45, 2.75) is 6.92 Å². The number of halogens is 1. The number of benzene rings is 3. The van der Waals surface area contributed by atoms with Crippen molar-refractivity contribution in [3.63, 3.8) is 0 Å². The number of amides is 2. The lowest BCUT2D eigenvalue weighted by Gasteiger charge is -2.13. The van der Waals surface area contributed by atoms with Crippen LogP contribution >= 0.6 is 15.9 Å². The molecular weight excluding hydrogens is 524 g/mol. The van der Waals surface area contributed by atoms with Gasteiger partial charge in [-0.05, 0) is 55.0 Å². The Hall–Kier alpha value is -4.11. The van der Waals surface area contributed by atoms with E-state index in [1.54, 1.807) is 55.5 Å². The second-order valence-corrected chi connectivity index (χ2v) is 8.75. The third kappa shape index (κ3) is 7.19. The van der Waals surface area contributed by atoms with Gasteiger partial charge < -0.3 is 20.1 Å². The van der Waals surface area contributed by atoms with Crippen LogP contribution in [0.25, 0.3) is 6.08 Å². The van der Waals surface area contributed by atoms with Gasteiger partial charge in [-0.15, -0.1) is 0 Å². The van der Waals surface area contributed by atoms with Crippen LogP contribution in [0.4, 0.5) is 5.69 Å². The number of phenols is 1. The molecule has 36 heavy (non-hydrogen) atoms. The fourth-order valence-electron chi connectivity index (χ4n) is 3.16. The zero-order chi connectivity index (χ0) is 26.1. The van der Waals surface area contributed by atoms with Crippen molar-refractivity contribution < 1.29 is 19.4 Å². The lowest BCUT2D eigenvalue weighted by Crippen LogP contribution is -2.32. The van der Waals surface area contributed by atoms with E-state index in [0.717, 1.165) is 5.69 Å². The molecule has 0 unspecified atom stereocenters. The van der Waals surface area contributed by atoms with Gasteiger partial charge in [0, 0.05) is 35.4 Å². The van der Waals surface area contributed by atoms with Gasteiger partial charge in [-0.2, -0.15) is 5.10 Å². The van der Waals surface area contributed by atoms with E-state index in [1.165, 1.54) is 6.21 Å². The number of hydrogen-bond acceptors (Lipinski definition) is 6. The van der Waals surface area contributed by atoms with Gasteiger partial charge in [-0.1, -0.05) is 46.3 Å². The zero-order valence-corrected chi connectivity index (χ0v) is 21.7. The molecule has 0 aliphatic rings. The van der Waals surface area contributed by atoms with Gasteiger partial charge in [0.2, 0.25) is 0 Å². The molecule has 0 heterocycles. The molecule has 9 heteroatoms. The Morgan fingerprint density at radius 3 is 2.42 bits per heavy atom. The van der Waals surface area contributed by atoms with Crippen LogP contribution in [0, 0.1) is 0 Å². The summed E-state index contributed by atoms with van der Waals surface area (Å²) in [6.45, 7) is 2.18. The first-order valence-electron chi connectivity index (χ1n) is 11.1. The molecule has 0 aliphatic heterocycles. The molecule has 0 aromatic heterocycles. The van der Waals surface area contributed by atoms with E-state index in [0.29, 0.717) is 27.8 Å². The third-order valence-electron chi connectivity index (χ3n) is 4.99. The second kappa shape index (κ2) is 12.6. The Balaban J connectivity index is 1.84. The van der Waals surface area contributed by atoms with Crippen LogP contribution in [0.2, 0.25) is 0 Å². The fourth-order valence-corrected chi connectivity index (χ4v) is 3.61. The molecule has 0 atom stereocenters. The number of hydrazone groups is 1. The molecule has 8 nitrogen and oxygen atoms in total. The van der Waals surface area contributed by atoms with Crippen molar-refractivity contribution in [2.24, 2.45) is 5.10 Å². The third-order valence-corrected chi connectivity index (χ3v) is 5.45. The van der Waals surface area contributed by atoms with E-state index in [1.807, 2.05) is 43.3 Å². The monoisotopic (exact) mass is 550 g/mol. The number of ether oxygens (including phenoxy) is 1. The van der Waals surface area contributed by atoms with Gasteiger partial charge in [-0.3, -0.25) is 9.59 Å². The second-order valence-electron chi connectivity index (χ2n) is 7.84. The maximum atomic E-state index is 13.0. The maximum Gasteiger partial charge on any atom is 0.287 e. The average Bonchev–Trinajstić information content (AvgIpc) is 2.87. The summed E-state index contributed by atoms with van der Waals surface area (Å²) in [5.41, 5.74) is 4.87. The molecule has 186 valence electrons. The van der Waals surface area contributed by atoms with Gasteiger partial charge in [0.1, 0.15) is 5.70 Å². The predicted octanol–water partition coefficient (Wildman–Crippen LogP) is 4.54. The summed E-state index contributed by atoms with van der Waals surface area (Å²) < 4.78 is 6.08. The Morgan fingerprint density at radius 2 is 1.78 bits per heavy atom. The quantitative estimate of drug-likeness (QED) is 0.206. The molecule has 0 bridgehead atoms. The van der Waals surface area contributed by atoms with E-state index >= 15 is 0 Å². The topological polar surface area (TPSA) is 103 Å². The van der Waals surface area contributed by atoms with Gasteiger partial charge in [0.15, 0.2) is 11.5 Å². The van der Waals surface area contributed by atoms with Crippen molar-refractivity contribution in [3.05, 3.63) is 93.6 Å². The van der Waals surface area contributed by atoms with E-state index in [4.69, 9.17) is 4.74 Å². The molecule has 0 fully saturated rings. The largest absolute Gasteiger partial charge is 0.504 e. The molecule has 0 saturated heterocycles. The predicted molar refractivity (Wildman–Crippen MR) is 145 cm³/mol. The number of anilines is 1. The van der Waals surface area contributed by atoms with E-state index in [2.05, 4.69) is 31.8 Å². The molecule has 3 aromatic rings. The highest BCUT2D eigenvalue weighted by Gasteiger charge is 2.15. The van der Waals surface area contributed by atoms with Crippen molar-refractivity contribution in [1.82, 2.24) is 10.7 Å². The lowest BCUT2D eigenvalue weighted by molar-refractivity contribution is -0.117.